The predicted molar refractivity (Wildman–Crippen MR) is 90.2 cm³/mol. The van der Waals surface area contributed by atoms with E-state index in [4.69, 9.17) is 5.73 Å². The number of benzene rings is 2. The maximum atomic E-state index is 11.8. The molecule has 2 heterocycles. The van der Waals surface area contributed by atoms with Crippen molar-refractivity contribution in [3.8, 4) is 22.5 Å². The number of nitrogens with zero attached hydrogens (tertiary/aromatic N) is 4. The Morgan fingerprint density at radius 2 is 1.50 bits per heavy atom. The van der Waals surface area contributed by atoms with Gasteiger partial charge in [-0.1, -0.05) is 60.7 Å². The fraction of sp³-hybridized carbons (Fsp3) is 0. The summed E-state index contributed by atoms with van der Waals surface area (Å²) in [4.78, 5) is 11.8. The van der Waals surface area contributed by atoms with Gasteiger partial charge in [-0.05, 0) is 0 Å². The van der Waals surface area contributed by atoms with Crippen molar-refractivity contribution in [2.24, 2.45) is 5.73 Å². The minimum absolute atomic E-state index is 0.0939. The van der Waals surface area contributed by atoms with E-state index in [2.05, 4.69) is 15.3 Å². The van der Waals surface area contributed by atoms with E-state index in [9.17, 15) is 4.79 Å². The lowest BCUT2D eigenvalue weighted by atomic mass is 10.1. The van der Waals surface area contributed by atoms with Crippen molar-refractivity contribution >= 4 is 11.6 Å². The summed E-state index contributed by atoms with van der Waals surface area (Å²) in [5.41, 5.74) is 9.18. The van der Waals surface area contributed by atoms with Crippen molar-refractivity contribution in [3.63, 3.8) is 0 Å². The zero-order chi connectivity index (χ0) is 16.5. The molecule has 0 bridgehead atoms. The van der Waals surface area contributed by atoms with Crippen LogP contribution in [0, 0.1) is 0 Å². The van der Waals surface area contributed by atoms with Gasteiger partial charge in [0.25, 0.3) is 5.91 Å². The van der Waals surface area contributed by atoms with Gasteiger partial charge in [-0.15, -0.1) is 10.2 Å². The summed E-state index contributed by atoms with van der Waals surface area (Å²) in [6, 6.07) is 21.0. The van der Waals surface area contributed by atoms with Gasteiger partial charge in [0.05, 0.1) is 5.69 Å². The number of carbonyl (C=O) groups excluding carboxylic acids is 1. The summed E-state index contributed by atoms with van der Waals surface area (Å²) in [7, 11) is 0. The molecule has 0 aliphatic rings. The van der Waals surface area contributed by atoms with Crippen LogP contribution in [0.2, 0.25) is 0 Å². The van der Waals surface area contributed by atoms with Gasteiger partial charge in [0, 0.05) is 17.2 Å². The molecule has 0 aliphatic carbocycles. The second-order valence-electron chi connectivity index (χ2n) is 5.29. The van der Waals surface area contributed by atoms with Gasteiger partial charge in [0.15, 0.2) is 11.3 Å². The monoisotopic (exact) mass is 315 g/mol. The topological polar surface area (TPSA) is 86.2 Å². The first-order valence-electron chi connectivity index (χ1n) is 7.41. The molecule has 2 aromatic heterocycles. The molecule has 24 heavy (non-hydrogen) atoms. The van der Waals surface area contributed by atoms with E-state index in [1.165, 1.54) is 0 Å². The average Bonchev–Trinajstić information content (AvgIpc) is 3.06. The Kier molecular flexibility index (Phi) is 3.28. The third-order valence-electron chi connectivity index (χ3n) is 3.73. The van der Waals surface area contributed by atoms with Crippen LogP contribution in [0.5, 0.6) is 0 Å². The molecule has 1 amide bonds. The Hall–Kier alpha value is -3.54. The Bertz CT molecular complexity index is 1030. The van der Waals surface area contributed by atoms with Crippen LogP contribution in [-0.2, 0) is 0 Å². The number of aromatic nitrogens is 4. The summed E-state index contributed by atoms with van der Waals surface area (Å²) < 4.78 is 1.62. The largest absolute Gasteiger partial charge is 0.364 e. The van der Waals surface area contributed by atoms with Crippen molar-refractivity contribution in [1.29, 1.82) is 0 Å². The lowest BCUT2D eigenvalue weighted by Crippen LogP contribution is -2.18. The van der Waals surface area contributed by atoms with Crippen LogP contribution < -0.4 is 5.73 Å². The second kappa shape index (κ2) is 5.58. The SMILES string of the molecule is NC(=O)c1nnc2cc(-c3ccccc3)nn2c1-c1ccccc1. The van der Waals surface area contributed by atoms with Gasteiger partial charge < -0.3 is 5.73 Å². The first-order valence-corrected chi connectivity index (χ1v) is 7.41. The van der Waals surface area contributed by atoms with Crippen molar-refractivity contribution in [1.82, 2.24) is 19.8 Å². The van der Waals surface area contributed by atoms with E-state index in [0.29, 0.717) is 11.3 Å². The van der Waals surface area contributed by atoms with Crippen LogP contribution in [0.1, 0.15) is 10.5 Å². The highest BCUT2D eigenvalue weighted by atomic mass is 16.1. The maximum absolute atomic E-state index is 11.8. The number of fused-ring (bicyclic) bond motifs is 1. The highest BCUT2D eigenvalue weighted by Gasteiger charge is 2.19. The summed E-state index contributed by atoms with van der Waals surface area (Å²) in [6.07, 6.45) is 0. The van der Waals surface area contributed by atoms with Gasteiger partial charge in [0.2, 0.25) is 0 Å². The van der Waals surface area contributed by atoms with Gasteiger partial charge in [0.1, 0.15) is 5.69 Å². The molecule has 2 N–H and O–H groups in total. The molecule has 0 saturated carbocycles. The van der Waals surface area contributed by atoms with Crippen molar-refractivity contribution in [2.45, 2.75) is 0 Å². The minimum Gasteiger partial charge on any atom is -0.364 e. The first-order chi connectivity index (χ1) is 11.7. The Morgan fingerprint density at radius 1 is 0.875 bits per heavy atom. The number of hydrogen-bond donors (Lipinski definition) is 1. The van der Waals surface area contributed by atoms with Crippen molar-refractivity contribution < 1.29 is 4.79 Å². The molecule has 116 valence electrons. The molecule has 0 atom stereocenters. The van der Waals surface area contributed by atoms with E-state index >= 15 is 0 Å². The zero-order valence-electron chi connectivity index (χ0n) is 12.6. The fourth-order valence-electron chi connectivity index (χ4n) is 2.63. The Balaban J connectivity index is 2.02. The predicted octanol–water partition coefficient (Wildman–Crippen LogP) is 2.56. The van der Waals surface area contributed by atoms with Crippen LogP contribution in [0.3, 0.4) is 0 Å². The van der Waals surface area contributed by atoms with Crippen LogP contribution in [0.4, 0.5) is 0 Å². The third-order valence-corrected chi connectivity index (χ3v) is 3.73. The summed E-state index contributed by atoms with van der Waals surface area (Å²) in [5.74, 6) is -0.639. The van der Waals surface area contributed by atoms with E-state index in [1.54, 1.807) is 4.52 Å². The van der Waals surface area contributed by atoms with E-state index in [-0.39, 0.29) is 5.69 Å². The molecule has 0 fully saturated rings. The summed E-state index contributed by atoms with van der Waals surface area (Å²) >= 11 is 0. The molecule has 6 heteroatoms. The average molecular weight is 315 g/mol. The number of amides is 1. The molecule has 0 aliphatic heterocycles. The molecular formula is C18H13N5O. The molecular weight excluding hydrogens is 302 g/mol. The molecule has 4 rings (SSSR count). The Labute approximate surface area is 137 Å². The number of nitrogens with two attached hydrogens (primary N) is 1. The quantitative estimate of drug-likeness (QED) is 0.629. The van der Waals surface area contributed by atoms with Gasteiger partial charge in [-0.3, -0.25) is 4.79 Å². The van der Waals surface area contributed by atoms with Gasteiger partial charge >= 0.3 is 0 Å². The summed E-state index contributed by atoms with van der Waals surface area (Å²) in [5, 5.41) is 12.7. The van der Waals surface area contributed by atoms with Gasteiger partial charge in [-0.2, -0.15) is 5.10 Å². The number of carbonyl (C=O) groups is 1. The molecule has 6 nitrogen and oxygen atoms in total. The molecule has 0 radical (unpaired) electrons. The number of hydrogen-bond acceptors (Lipinski definition) is 4. The van der Waals surface area contributed by atoms with Crippen LogP contribution in [0.25, 0.3) is 28.2 Å². The smallest absolute Gasteiger partial charge is 0.271 e. The van der Waals surface area contributed by atoms with E-state index in [1.807, 2.05) is 66.7 Å². The third kappa shape index (κ3) is 2.30. The van der Waals surface area contributed by atoms with E-state index < -0.39 is 5.91 Å². The molecule has 4 aromatic rings. The molecule has 2 aromatic carbocycles. The van der Waals surface area contributed by atoms with Crippen LogP contribution in [-0.4, -0.2) is 25.7 Å². The first kappa shape index (κ1) is 14.1. The standard InChI is InChI=1S/C18H13N5O/c19-18(24)16-17(13-9-5-2-6-10-13)23-15(20-21-16)11-14(22-23)12-7-3-1-4-8-12/h1-11H,(H2,19,24). The highest BCUT2D eigenvalue weighted by molar-refractivity contribution is 5.97. The van der Waals surface area contributed by atoms with Gasteiger partial charge in [-0.25, -0.2) is 4.52 Å². The molecule has 0 saturated heterocycles. The molecule has 0 spiro atoms. The van der Waals surface area contributed by atoms with Crippen LogP contribution in [0.15, 0.2) is 66.7 Å². The van der Waals surface area contributed by atoms with E-state index in [0.717, 1.165) is 16.8 Å². The zero-order valence-corrected chi connectivity index (χ0v) is 12.6. The number of primary amides is 1. The van der Waals surface area contributed by atoms with Crippen LogP contribution >= 0.6 is 0 Å². The molecule has 0 unspecified atom stereocenters. The number of rotatable bonds is 3. The van der Waals surface area contributed by atoms with Crippen molar-refractivity contribution in [3.05, 3.63) is 72.4 Å². The fourth-order valence-corrected chi connectivity index (χ4v) is 2.63. The normalized spacial score (nSPS) is 10.8. The minimum atomic E-state index is -0.639. The maximum Gasteiger partial charge on any atom is 0.271 e. The summed E-state index contributed by atoms with van der Waals surface area (Å²) in [6.45, 7) is 0. The second-order valence-corrected chi connectivity index (χ2v) is 5.29. The Morgan fingerprint density at radius 3 is 2.12 bits per heavy atom. The lowest BCUT2D eigenvalue weighted by Gasteiger charge is -2.07. The highest BCUT2D eigenvalue weighted by Crippen LogP contribution is 2.25. The van der Waals surface area contributed by atoms with Crippen molar-refractivity contribution in [2.75, 3.05) is 0 Å². The lowest BCUT2D eigenvalue weighted by molar-refractivity contribution is 0.0995.